The monoisotopic (exact) mass is 313 g/mol. The molecule has 5 heteroatoms. The molecular formula is C8H16IN3S. The Balaban J connectivity index is 2.15. The Morgan fingerprint density at radius 1 is 1.62 bits per heavy atom. The number of piperazine rings is 1. The summed E-state index contributed by atoms with van der Waals surface area (Å²) in [5, 5.41) is 3.55. The minimum Gasteiger partial charge on any atom is -0.312 e. The van der Waals surface area contributed by atoms with Gasteiger partial charge in [0.25, 0.3) is 0 Å². The molecule has 0 aromatic heterocycles. The van der Waals surface area contributed by atoms with Crippen LogP contribution in [0.4, 0.5) is 0 Å². The van der Waals surface area contributed by atoms with Crippen molar-refractivity contribution < 1.29 is 0 Å². The molecule has 0 spiro atoms. The maximum Gasteiger partial charge on any atom is 0.0805 e. The summed E-state index contributed by atoms with van der Waals surface area (Å²) in [5.41, 5.74) is 6.06. The minimum absolute atomic E-state index is 0.190. The van der Waals surface area contributed by atoms with Gasteiger partial charge in [-0.2, -0.15) is 0 Å². The van der Waals surface area contributed by atoms with Crippen LogP contribution in [0.1, 0.15) is 19.3 Å². The molecular weight excluding hydrogens is 297 g/mol. The van der Waals surface area contributed by atoms with E-state index in [0.717, 1.165) is 19.5 Å². The lowest BCUT2D eigenvalue weighted by Crippen LogP contribution is -2.68. The van der Waals surface area contributed by atoms with Gasteiger partial charge in [-0.05, 0) is 19.3 Å². The van der Waals surface area contributed by atoms with Gasteiger partial charge in [-0.15, -0.1) is 0 Å². The van der Waals surface area contributed by atoms with Crippen molar-refractivity contribution in [1.29, 1.82) is 0 Å². The van der Waals surface area contributed by atoms with Crippen molar-refractivity contribution in [3.05, 3.63) is 0 Å². The van der Waals surface area contributed by atoms with Crippen LogP contribution in [-0.4, -0.2) is 33.0 Å². The van der Waals surface area contributed by atoms with Crippen molar-refractivity contribution in [2.45, 2.75) is 34.9 Å². The fourth-order valence-electron chi connectivity index (χ4n) is 2.25. The summed E-state index contributed by atoms with van der Waals surface area (Å²) in [5.74, 6) is 0. The van der Waals surface area contributed by atoms with Crippen LogP contribution in [0.3, 0.4) is 0 Å². The fourth-order valence-corrected chi connectivity index (χ4v) is 3.52. The predicted octanol–water partition coefficient (Wildman–Crippen LogP) is 0.747. The number of fused-ring (bicyclic) bond motifs is 2. The molecule has 2 rings (SSSR count). The number of thiol groups is 1. The lowest BCUT2D eigenvalue weighted by Gasteiger charge is -2.42. The highest BCUT2D eigenvalue weighted by molar-refractivity contribution is 14.1. The van der Waals surface area contributed by atoms with Gasteiger partial charge in [-0.3, -0.25) is 5.32 Å². The zero-order valence-corrected chi connectivity index (χ0v) is 10.6. The summed E-state index contributed by atoms with van der Waals surface area (Å²) in [4.78, 5) is 0. The minimum atomic E-state index is -0.190. The van der Waals surface area contributed by atoms with Crippen LogP contribution >= 0.6 is 35.4 Å². The van der Waals surface area contributed by atoms with E-state index in [4.69, 9.17) is 5.73 Å². The lowest BCUT2D eigenvalue weighted by molar-refractivity contribution is 0.177. The van der Waals surface area contributed by atoms with Gasteiger partial charge in [0.05, 0.1) is 5.66 Å². The van der Waals surface area contributed by atoms with E-state index in [-0.39, 0.29) is 5.66 Å². The van der Waals surface area contributed by atoms with Crippen molar-refractivity contribution >= 4 is 35.4 Å². The highest BCUT2D eigenvalue weighted by Crippen LogP contribution is 2.28. The van der Waals surface area contributed by atoms with E-state index in [1.807, 2.05) is 0 Å². The van der Waals surface area contributed by atoms with E-state index in [2.05, 4.69) is 45.0 Å². The summed E-state index contributed by atoms with van der Waals surface area (Å²) >= 11 is 6.95. The van der Waals surface area contributed by atoms with Crippen molar-refractivity contribution in [3.8, 4) is 0 Å². The van der Waals surface area contributed by atoms with Gasteiger partial charge in [-0.1, -0.05) is 35.4 Å². The second-order valence-electron chi connectivity index (χ2n) is 4.16. The van der Waals surface area contributed by atoms with E-state index in [1.165, 1.54) is 12.8 Å². The van der Waals surface area contributed by atoms with E-state index in [9.17, 15) is 0 Å². The van der Waals surface area contributed by atoms with E-state index >= 15 is 0 Å². The molecule has 3 N–H and O–H groups in total. The Bertz CT molecular complexity index is 204. The Kier molecular flexibility index (Phi) is 3.10. The van der Waals surface area contributed by atoms with Crippen LogP contribution < -0.4 is 11.1 Å². The first-order valence-electron chi connectivity index (χ1n) is 4.73. The molecule has 2 bridgehead atoms. The molecule has 0 aromatic rings. The molecule has 3 nitrogen and oxygen atoms in total. The van der Waals surface area contributed by atoms with Crippen LogP contribution in [0.5, 0.6) is 0 Å². The molecule has 0 amide bonds. The van der Waals surface area contributed by atoms with Gasteiger partial charge >= 0.3 is 0 Å². The number of halogens is 1. The summed E-state index contributed by atoms with van der Waals surface area (Å²) in [6.07, 6.45) is 3.58. The first-order valence-corrected chi connectivity index (χ1v) is 6.38. The first kappa shape index (κ1) is 10.5. The summed E-state index contributed by atoms with van der Waals surface area (Å²) in [7, 11) is 0. The number of nitrogens with zero attached hydrogens (tertiary/aromatic N) is 1. The van der Waals surface area contributed by atoms with Crippen molar-refractivity contribution in [1.82, 2.24) is 9.62 Å². The molecule has 2 aliphatic rings. The molecule has 0 saturated carbocycles. The lowest BCUT2D eigenvalue weighted by atomic mass is 10.0. The van der Waals surface area contributed by atoms with Gasteiger partial charge in [-0.25, -0.2) is 4.31 Å². The molecule has 0 aromatic carbocycles. The van der Waals surface area contributed by atoms with Crippen LogP contribution in [-0.2, 0) is 0 Å². The number of alkyl halides is 1. The van der Waals surface area contributed by atoms with E-state index in [0.29, 0.717) is 9.97 Å². The summed E-state index contributed by atoms with van der Waals surface area (Å²) < 4.78 is 2.75. The van der Waals surface area contributed by atoms with Gasteiger partial charge in [0.1, 0.15) is 0 Å². The number of hydrogen-bond donors (Lipinski definition) is 3. The van der Waals surface area contributed by atoms with Gasteiger partial charge in [0.15, 0.2) is 0 Å². The number of nitrogens with one attached hydrogen (secondary N) is 1. The quantitative estimate of drug-likeness (QED) is 0.351. The van der Waals surface area contributed by atoms with Crippen LogP contribution in [0.15, 0.2) is 0 Å². The second-order valence-corrected chi connectivity index (χ2v) is 6.33. The van der Waals surface area contributed by atoms with Crippen LogP contribution in [0, 0.1) is 0 Å². The molecule has 2 saturated heterocycles. The molecule has 2 fully saturated rings. The Labute approximate surface area is 98.5 Å². The average Bonchev–Trinajstić information content (AvgIpc) is 2.09. The third-order valence-corrected chi connectivity index (χ3v) is 4.68. The molecule has 2 unspecified atom stereocenters. The zero-order chi connectivity index (χ0) is 9.47. The first-order chi connectivity index (χ1) is 6.09. The Morgan fingerprint density at radius 2 is 2.38 bits per heavy atom. The third-order valence-electron chi connectivity index (χ3n) is 2.88. The summed E-state index contributed by atoms with van der Waals surface area (Å²) in [6, 6.07) is 0.513. The maximum atomic E-state index is 6.25. The predicted molar refractivity (Wildman–Crippen MR) is 66.1 cm³/mol. The van der Waals surface area contributed by atoms with Crippen molar-refractivity contribution in [2.75, 3.05) is 13.1 Å². The highest BCUT2D eigenvalue weighted by atomic mass is 127. The van der Waals surface area contributed by atoms with Crippen molar-refractivity contribution in [3.63, 3.8) is 0 Å². The standard InChI is InChI=1S/C8H16IN3S/c9-6-2-1-3-8(10)5-12(13)4-7(6)11-8/h6-7,11,13H,1-5,10H2/t6?,7?,8-/m0/s1. The number of nitrogens with two attached hydrogens (primary N) is 1. The van der Waals surface area contributed by atoms with Crippen LogP contribution in [0.2, 0.25) is 0 Å². The SMILES string of the molecule is N[C@]12CCCC(I)C(CN(S)C1)N2. The smallest absolute Gasteiger partial charge is 0.0805 e. The maximum absolute atomic E-state index is 6.25. The number of hydrogen-bond acceptors (Lipinski definition) is 4. The molecule has 2 heterocycles. The van der Waals surface area contributed by atoms with Crippen molar-refractivity contribution in [2.24, 2.45) is 5.73 Å². The van der Waals surface area contributed by atoms with E-state index in [1.54, 1.807) is 0 Å². The molecule has 0 radical (unpaired) electrons. The third kappa shape index (κ3) is 2.31. The molecule has 76 valence electrons. The van der Waals surface area contributed by atoms with Gasteiger partial charge < -0.3 is 5.73 Å². The second kappa shape index (κ2) is 3.84. The Morgan fingerprint density at radius 3 is 3.15 bits per heavy atom. The van der Waals surface area contributed by atoms with Gasteiger partial charge in [0, 0.05) is 23.1 Å². The summed E-state index contributed by atoms with van der Waals surface area (Å²) in [6.45, 7) is 1.87. The highest BCUT2D eigenvalue weighted by Gasteiger charge is 2.39. The van der Waals surface area contributed by atoms with Gasteiger partial charge in [0.2, 0.25) is 0 Å². The van der Waals surface area contributed by atoms with E-state index < -0.39 is 0 Å². The normalized spacial score (nSPS) is 47.3. The molecule has 2 aliphatic heterocycles. The topological polar surface area (TPSA) is 41.3 Å². The fraction of sp³-hybridized carbons (Fsp3) is 1.00. The van der Waals surface area contributed by atoms with Crippen LogP contribution in [0.25, 0.3) is 0 Å². The largest absolute Gasteiger partial charge is 0.312 e. The average molecular weight is 313 g/mol. The number of rotatable bonds is 0. The molecule has 13 heavy (non-hydrogen) atoms. The molecule has 3 atom stereocenters. The Hall–Kier alpha value is 0.960. The molecule has 0 aliphatic carbocycles. The zero-order valence-electron chi connectivity index (χ0n) is 7.54.